The van der Waals surface area contributed by atoms with E-state index in [1.54, 1.807) is 29.1 Å². The molecule has 30 heavy (non-hydrogen) atoms. The molecule has 3 rings (SSSR count). The number of H-pyrrole nitrogens is 1. The van der Waals surface area contributed by atoms with Gasteiger partial charge < -0.3 is 5.11 Å². The number of aliphatic hydroxyl groups is 1. The fourth-order valence-electron chi connectivity index (χ4n) is 3.06. The van der Waals surface area contributed by atoms with Crippen LogP contribution in [0.1, 0.15) is 11.4 Å². The van der Waals surface area contributed by atoms with Gasteiger partial charge in [0.15, 0.2) is 0 Å². The van der Waals surface area contributed by atoms with Crippen molar-refractivity contribution in [3.8, 4) is 0 Å². The van der Waals surface area contributed by atoms with Crippen LogP contribution in [-0.2, 0) is 16.6 Å². The fraction of sp³-hybridized carbons (Fsp3) is 0.250. The van der Waals surface area contributed by atoms with Gasteiger partial charge in [0.25, 0.3) is 21.5 Å². The quantitative estimate of drug-likeness (QED) is 0.321. The Kier molecular flexibility index (Phi) is 6.18. The molecular formula is C20H23N4O5S+. The molecule has 0 amide bonds. The Balaban J connectivity index is 2.00. The number of aromatic amines is 1. The molecule has 0 aliphatic heterocycles. The van der Waals surface area contributed by atoms with Crippen molar-refractivity contribution in [1.82, 2.24) is 4.98 Å². The van der Waals surface area contributed by atoms with Gasteiger partial charge in [0.2, 0.25) is 0 Å². The second kappa shape index (κ2) is 8.64. The van der Waals surface area contributed by atoms with E-state index in [1.165, 1.54) is 36.4 Å². The lowest BCUT2D eigenvalue weighted by atomic mass is 10.2. The first kappa shape index (κ1) is 21.5. The van der Waals surface area contributed by atoms with Gasteiger partial charge in [0.05, 0.1) is 22.1 Å². The summed E-state index contributed by atoms with van der Waals surface area (Å²) in [6, 6.07) is 11.7. The highest BCUT2D eigenvalue weighted by atomic mass is 32.2. The van der Waals surface area contributed by atoms with Crippen LogP contribution in [0.4, 0.5) is 11.4 Å². The van der Waals surface area contributed by atoms with Crippen LogP contribution in [0.25, 0.3) is 0 Å². The summed E-state index contributed by atoms with van der Waals surface area (Å²) in [7, 11) is -4.06. The number of nitro benzene ring substituents is 1. The fourth-order valence-corrected chi connectivity index (χ4v) is 4.55. The van der Waals surface area contributed by atoms with Gasteiger partial charge in [-0.3, -0.25) is 14.4 Å². The summed E-state index contributed by atoms with van der Waals surface area (Å²) >= 11 is 0. The number of hydrogen-bond donors (Lipinski definition) is 2. The van der Waals surface area contributed by atoms with Crippen LogP contribution in [0.15, 0.2) is 65.8 Å². The minimum Gasteiger partial charge on any atom is -0.387 e. The average molecular weight is 431 g/mol. The van der Waals surface area contributed by atoms with E-state index in [0.717, 1.165) is 15.7 Å². The summed E-state index contributed by atoms with van der Waals surface area (Å²) in [5.74, 6) is 0.803. The minimum absolute atomic E-state index is 0.0392. The second-order valence-electron chi connectivity index (χ2n) is 6.98. The number of aromatic nitrogens is 2. The third-order valence-corrected chi connectivity index (χ3v) is 6.51. The summed E-state index contributed by atoms with van der Waals surface area (Å²) in [5, 5.41) is 21.8. The van der Waals surface area contributed by atoms with E-state index in [1.807, 2.05) is 13.8 Å². The number of nitrogens with zero attached hydrogens (tertiary/aromatic N) is 3. The molecule has 0 spiro atoms. The van der Waals surface area contributed by atoms with Crippen molar-refractivity contribution in [3.05, 3.63) is 82.4 Å². The number of aliphatic hydroxyl groups excluding tert-OH is 1. The van der Waals surface area contributed by atoms with E-state index in [0.29, 0.717) is 0 Å². The molecule has 0 fully saturated rings. The number of benzene rings is 2. The Morgan fingerprint density at radius 3 is 2.50 bits per heavy atom. The zero-order chi connectivity index (χ0) is 21.9. The van der Waals surface area contributed by atoms with Crippen LogP contribution >= 0.6 is 0 Å². The number of hydrogen-bond acceptors (Lipinski definition) is 5. The van der Waals surface area contributed by atoms with Gasteiger partial charge in [-0.05, 0) is 25.1 Å². The van der Waals surface area contributed by atoms with Crippen molar-refractivity contribution in [1.29, 1.82) is 0 Å². The lowest BCUT2D eigenvalue weighted by molar-refractivity contribution is -0.707. The van der Waals surface area contributed by atoms with E-state index < -0.39 is 21.1 Å². The first-order valence-corrected chi connectivity index (χ1v) is 10.7. The van der Waals surface area contributed by atoms with Gasteiger partial charge in [-0.15, -0.1) is 0 Å². The molecule has 0 saturated heterocycles. The normalized spacial score (nSPS) is 12.5. The average Bonchev–Trinajstić information content (AvgIpc) is 3.11. The molecule has 158 valence electrons. The van der Waals surface area contributed by atoms with Crippen LogP contribution in [0.2, 0.25) is 0 Å². The molecule has 0 aliphatic rings. The lowest BCUT2D eigenvalue weighted by Gasteiger charge is -2.26. The van der Waals surface area contributed by atoms with Crippen molar-refractivity contribution in [2.45, 2.75) is 31.4 Å². The van der Waals surface area contributed by atoms with Crippen molar-refractivity contribution in [2.75, 3.05) is 10.8 Å². The predicted molar refractivity (Wildman–Crippen MR) is 111 cm³/mol. The Morgan fingerprint density at radius 1 is 1.20 bits per heavy atom. The first-order valence-electron chi connectivity index (χ1n) is 9.24. The zero-order valence-electron chi connectivity index (χ0n) is 16.6. The Hall–Kier alpha value is -3.24. The second-order valence-corrected chi connectivity index (χ2v) is 8.84. The molecule has 1 atom stereocenters. The SMILES string of the molecule is Cc1ccc(S(=O)(=O)N(CC(O)C[n+]2cc[nH]c2C)c2cccc([N+](=O)[O-])c2)cc1. The number of nitro groups is 1. The predicted octanol–water partition coefficient (Wildman–Crippen LogP) is 2.08. The van der Waals surface area contributed by atoms with E-state index in [4.69, 9.17) is 0 Å². The number of nitrogens with one attached hydrogen (secondary N) is 1. The van der Waals surface area contributed by atoms with Gasteiger partial charge in [-0.1, -0.05) is 23.8 Å². The van der Waals surface area contributed by atoms with Crippen molar-refractivity contribution < 1.29 is 23.0 Å². The van der Waals surface area contributed by atoms with Crippen LogP contribution < -0.4 is 8.87 Å². The number of rotatable bonds is 8. The number of aryl methyl sites for hydroxylation is 2. The van der Waals surface area contributed by atoms with E-state index in [2.05, 4.69) is 4.98 Å². The summed E-state index contributed by atoms with van der Waals surface area (Å²) < 4.78 is 29.5. The molecule has 1 aromatic heterocycles. The molecule has 1 heterocycles. The van der Waals surface area contributed by atoms with Crippen LogP contribution in [-0.4, -0.2) is 36.1 Å². The standard InChI is InChI=1S/C20H22N4O5S/c1-15-6-8-20(9-7-15)30(28,29)23(17-4-3-5-18(12-17)24(26)27)14-19(25)13-22-11-10-21-16(22)2/h3-12,19,25H,13-14H2,1-2H3/p+1. The first-order chi connectivity index (χ1) is 14.2. The van der Waals surface area contributed by atoms with Gasteiger partial charge in [0, 0.05) is 19.1 Å². The van der Waals surface area contributed by atoms with Crippen molar-refractivity contribution in [3.63, 3.8) is 0 Å². The highest BCUT2D eigenvalue weighted by Crippen LogP contribution is 2.27. The van der Waals surface area contributed by atoms with Crippen LogP contribution in [0.5, 0.6) is 0 Å². The molecule has 3 aromatic rings. The van der Waals surface area contributed by atoms with E-state index in [-0.39, 0.29) is 29.4 Å². The number of imidazole rings is 1. The molecule has 0 radical (unpaired) electrons. The Labute approximate surface area is 174 Å². The highest BCUT2D eigenvalue weighted by molar-refractivity contribution is 7.92. The molecule has 2 aromatic carbocycles. The number of sulfonamides is 1. The minimum atomic E-state index is -4.06. The summed E-state index contributed by atoms with van der Waals surface area (Å²) in [4.78, 5) is 13.6. The molecule has 0 saturated carbocycles. The van der Waals surface area contributed by atoms with Crippen LogP contribution in [0.3, 0.4) is 0 Å². The molecular weight excluding hydrogens is 408 g/mol. The van der Waals surface area contributed by atoms with Gasteiger partial charge in [-0.2, -0.15) is 0 Å². The van der Waals surface area contributed by atoms with Crippen LogP contribution in [0, 0.1) is 24.0 Å². The maximum atomic E-state index is 13.4. The number of non-ortho nitro benzene ring substituents is 1. The van der Waals surface area contributed by atoms with E-state index >= 15 is 0 Å². The molecule has 1 unspecified atom stereocenters. The smallest absolute Gasteiger partial charge is 0.271 e. The summed E-state index contributed by atoms with van der Waals surface area (Å²) in [5.41, 5.74) is 0.775. The van der Waals surface area contributed by atoms with Gasteiger partial charge in [-0.25, -0.2) is 18.0 Å². The Bertz CT molecular complexity index is 1140. The monoisotopic (exact) mass is 431 g/mol. The lowest BCUT2D eigenvalue weighted by Crippen LogP contribution is -2.46. The zero-order valence-corrected chi connectivity index (χ0v) is 17.4. The summed E-state index contributed by atoms with van der Waals surface area (Å²) in [6.07, 6.45) is 2.40. The molecule has 2 N–H and O–H groups in total. The molecule has 10 heteroatoms. The van der Waals surface area contributed by atoms with Gasteiger partial charge in [0.1, 0.15) is 25.0 Å². The molecule has 0 bridgehead atoms. The largest absolute Gasteiger partial charge is 0.387 e. The van der Waals surface area contributed by atoms with Crippen molar-refractivity contribution >= 4 is 21.4 Å². The van der Waals surface area contributed by atoms with Crippen molar-refractivity contribution in [2.24, 2.45) is 0 Å². The maximum absolute atomic E-state index is 13.4. The summed E-state index contributed by atoms with van der Waals surface area (Å²) in [6.45, 7) is 3.56. The third kappa shape index (κ3) is 4.66. The van der Waals surface area contributed by atoms with Gasteiger partial charge >= 0.3 is 0 Å². The molecule has 9 nitrogen and oxygen atoms in total. The maximum Gasteiger partial charge on any atom is 0.271 e. The Morgan fingerprint density at radius 2 is 1.90 bits per heavy atom. The highest BCUT2D eigenvalue weighted by Gasteiger charge is 2.29. The molecule has 0 aliphatic carbocycles. The topological polar surface area (TPSA) is 120 Å². The number of anilines is 1. The van der Waals surface area contributed by atoms with E-state index in [9.17, 15) is 23.6 Å². The third-order valence-electron chi connectivity index (χ3n) is 4.70.